The zero-order valence-corrected chi connectivity index (χ0v) is 15.6. The molecule has 0 saturated heterocycles. The number of aryl methyl sites for hydroxylation is 2. The summed E-state index contributed by atoms with van der Waals surface area (Å²) in [6.07, 6.45) is 0. The van der Waals surface area contributed by atoms with E-state index in [2.05, 4.69) is 10.4 Å². The third-order valence-electron chi connectivity index (χ3n) is 4.48. The Morgan fingerprint density at radius 2 is 1.89 bits per heavy atom. The highest BCUT2D eigenvalue weighted by Crippen LogP contribution is 2.35. The Morgan fingerprint density at radius 3 is 2.71 bits per heavy atom. The normalized spacial score (nSPS) is 12.1. The summed E-state index contributed by atoms with van der Waals surface area (Å²) in [5.41, 5.74) is 3.79. The van der Waals surface area contributed by atoms with Crippen LogP contribution in [-0.2, 0) is 11.3 Å². The van der Waals surface area contributed by atoms with Gasteiger partial charge in [-0.15, -0.1) is 0 Å². The summed E-state index contributed by atoms with van der Waals surface area (Å²) in [7, 11) is 0. The van der Waals surface area contributed by atoms with Crippen LogP contribution >= 0.6 is 0 Å². The molecule has 0 spiro atoms. The second-order valence-electron chi connectivity index (χ2n) is 6.65. The summed E-state index contributed by atoms with van der Waals surface area (Å²) in [4.78, 5) is 24.6. The first-order chi connectivity index (χ1) is 13.5. The predicted octanol–water partition coefficient (Wildman–Crippen LogP) is 2.89. The molecule has 0 bridgehead atoms. The molecule has 1 N–H and O–H groups in total. The minimum atomic E-state index is -0.347. The Hall–Kier alpha value is -3.61. The van der Waals surface area contributed by atoms with E-state index in [1.54, 1.807) is 18.2 Å². The summed E-state index contributed by atoms with van der Waals surface area (Å²) in [6.45, 7) is 3.92. The molecule has 2 aromatic carbocycles. The zero-order valence-electron chi connectivity index (χ0n) is 15.6. The van der Waals surface area contributed by atoms with Gasteiger partial charge in [0, 0.05) is 17.3 Å². The molecule has 0 unspecified atom stereocenters. The van der Waals surface area contributed by atoms with Crippen LogP contribution in [0.4, 0.5) is 5.69 Å². The molecule has 0 atom stereocenters. The van der Waals surface area contributed by atoms with Gasteiger partial charge in [-0.3, -0.25) is 9.59 Å². The molecule has 0 fully saturated rings. The zero-order chi connectivity index (χ0) is 19.7. The lowest BCUT2D eigenvalue weighted by molar-refractivity contribution is -0.117. The van der Waals surface area contributed by atoms with Crippen LogP contribution in [0, 0.1) is 13.8 Å². The Morgan fingerprint density at radius 1 is 1.07 bits per heavy atom. The van der Waals surface area contributed by atoms with Gasteiger partial charge in [0.05, 0.1) is 5.69 Å². The fourth-order valence-electron chi connectivity index (χ4n) is 3.05. The lowest BCUT2D eigenvalue weighted by Gasteiger charge is -2.11. The molecule has 1 aliphatic rings. The molecular formula is C21H19N3O4. The maximum atomic E-state index is 12.4. The van der Waals surface area contributed by atoms with E-state index >= 15 is 0 Å². The molecule has 2 heterocycles. The topological polar surface area (TPSA) is 82.5 Å². The number of rotatable bonds is 4. The molecule has 1 aliphatic heterocycles. The molecule has 0 radical (unpaired) electrons. The van der Waals surface area contributed by atoms with Crippen molar-refractivity contribution in [1.82, 2.24) is 9.78 Å². The summed E-state index contributed by atoms with van der Waals surface area (Å²) in [5, 5.41) is 7.16. The van der Waals surface area contributed by atoms with Crippen molar-refractivity contribution in [2.24, 2.45) is 0 Å². The van der Waals surface area contributed by atoms with Crippen molar-refractivity contribution >= 4 is 11.6 Å². The largest absolute Gasteiger partial charge is 0.454 e. The van der Waals surface area contributed by atoms with Gasteiger partial charge < -0.3 is 14.8 Å². The smallest absolute Gasteiger partial charge is 0.267 e. The van der Waals surface area contributed by atoms with Crippen LogP contribution in [0.1, 0.15) is 11.1 Å². The number of anilines is 1. The predicted molar refractivity (Wildman–Crippen MR) is 105 cm³/mol. The van der Waals surface area contributed by atoms with Crippen LogP contribution in [0.2, 0.25) is 0 Å². The number of nitrogens with one attached hydrogen (secondary N) is 1. The van der Waals surface area contributed by atoms with Crippen molar-refractivity contribution in [1.29, 1.82) is 0 Å². The van der Waals surface area contributed by atoms with Crippen LogP contribution in [-0.4, -0.2) is 22.5 Å². The molecule has 0 saturated carbocycles. The maximum Gasteiger partial charge on any atom is 0.267 e. The first kappa shape index (κ1) is 17.8. The van der Waals surface area contributed by atoms with E-state index in [0.717, 1.165) is 27.1 Å². The van der Waals surface area contributed by atoms with Gasteiger partial charge in [-0.05, 0) is 49.7 Å². The number of hydrogen-bond donors (Lipinski definition) is 1. The highest BCUT2D eigenvalue weighted by Gasteiger charge is 2.15. The van der Waals surface area contributed by atoms with E-state index in [1.165, 1.54) is 6.07 Å². The number of carbonyl (C=O) groups is 1. The highest BCUT2D eigenvalue weighted by molar-refractivity contribution is 5.91. The molecule has 1 amide bonds. The average Bonchev–Trinajstić information content (AvgIpc) is 3.13. The standard InChI is InChI=1S/C21H19N3O4/c1-13-3-5-16(14(2)9-13)22-20(25)11-24-21(26)8-6-17(23-24)15-4-7-18-19(10-15)28-12-27-18/h3-10H,11-12H2,1-2H3,(H,22,25). The Balaban J connectivity index is 1.55. The van der Waals surface area contributed by atoms with E-state index in [1.807, 2.05) is 38.1 Å². The molecule has 0 aliphatic carbocycles. The van der Waals surface area contributed by atoms with Gasteiger partial charge in [-0.1, -0.05) is 17.7 Å². The van der Waals surface area contributed by atoms with Crippen molar-refractivity contribution in [3.63, 3.8) is 0 Å². The maximum absolute atomic E-state index is 12.4. The summed E-state index contributed by atoms with van der Waals surface area (Å²) < 4.78 is 11.8. The van der Waals surface area contributed by atoms with Gasteiger partial charge in [-0.25, -0.2) is 4.68 Å². The van der Waals surface area contributed by atoms with Crippen LogP contribution in [0.25, 0.3) is 11.3 Å². The number of benzene rings is 2. The van der Waals surface area contributed by atoms with E-state index in [0.29, 0.717) is 17.2 Å². The Bertz CT molecular complexity index is 1120. The molecule has 142 valence electrons. The minimum absolute atomic E-state index is 0.176. The molecule has 28 heavy (non-hydrogen) atoms. The van der Waals surface area contributed by atoms with Gasteiger partial charge in [0.15, 0.2) is 11.5 Å². The molecule has 1 aromatic heterocycles. The van der Waals surface area contributed by atoms with E-state index < -0.39 is 0 Å². The van der Waals surface area contributed by atoms with Crippen LogP contribution in [0.3, 0.4) is 0 Å². The second-order valence-corrected chi connectivity index (χ2v) is 6.65. The van der Waals surface area contributed by atoms with Crippen LogP contribution in [0.5, 0.6) is 11.5 Å². The third-order valence-corrected chi connectivity index (χ3v) is 4.48. The fraction of sp³-hybridized carbons (Fsp3) is 0.190. The first-order valence-electron chi connectivity index (χ1n) is 8.85. The van der Waals surface area contributed by atoms with Gasteiger partial charge in [0.1, 0.15) is 6.54 Å². The SMILES string of the molecule is Cc1ccc(NC(=O)Cn2nc(-c3ccc4c(c3)OCO4)ccc2=O)c(C)c1. The molecule has 4 rings (SSSR count). The lowest BCUT2D eigenvalue weighted by atomic mass is 10.1. The number of nitrogens with zero attached hydrogens (tertiary/aromatic N) is 2. The third kappa shape index (κ3) is 3.59. The number of carbonyl (C=O) groups excluding carboxylic acids is 1. The summed E-state index contributed by atoms with van der Waals surface area (Å²) in [6, 6.07) is 14.2. The van der Waals surface area contributed by atoms with Crippen molar-refractivity contribution in [2.45, 2.75) is 20.4 Å². The van der Waals surface area contributed by atoms with Crippen LogP contribution in [0.15, 0.2) is 53.3 Å². The van der Waals surface area contributed by atoms with Gasteiger partial charge in [0.2, 0.25) is 12.7 Å². The van der Waals surface area contributed by atoms with E-state index in [-0.39, 0.29) is 24.8 Å². The molecule has 7 heteroatoms. The first-order valence-corrected chi connectivity index (χ1v) is 8.85. The minimum Gasteiger partial charge on any atom is -0.454 e. The molecular weight excluding hydrogens is 358 g/mol. The Kier molecular flexibility index (Phi) is 4.57. The van der Waals surface area contributed by atoms with Gasteiger partial charge in [-0.2, -0.15) is 5.10 Å². The summed E-state index contributed by atoms with van der Waals surface area (Å²) >= 11 is 0. The number of hydrogen-bond acceptors (Lipinski definition) is 5. The number of ether oxygens (including phenoxy) is 2. The molecule has 3 aromatic rings. The Labute approximate surface area is 161 Å². The monoisotopic (exact) mass is 377 g/mol. The van der Waals surface area contributed by atoms with Crippen molar-refractivity contribution in [2.75, 3.05) is 12.1 Å². The number of amides is 1. The van der Waals surface area contributed by atoms with E-state index in [9.17, 15) is 9.59 Å². The van der Waals surface area contributed by atoms with Crippen molar-refractivity contribution in [3.05, 3.63) is 70.0 Å². The van der Waals surface area contributed by atoms with Gasteiger partial charge >= 0.3 is 0 Å². The van der Waals surface area contributed by atoms with Crippen molar-refractivity contribution < 1.29 is 14.3 Å². The number of aromatic nitrogens is 2. The average molecular weight is 377 g/mol. The highest BCUT2D eigenvalue weighted by atomic mass is 16.7. The quantitative estimate of drug-likeness (QED) is 0.756. The van der Waals surface area contributed by atoms with Crippen LogP contribution < -0.4 is 20.3 Å². The molecule has 7 nitrogen and oxygen atoms in total. The summed E-state index contributed by atoms with van der Waals surface area (Å²) in [5.74, 6) is 0.985. The van der Waals surface area contributed by atoms with Crippen molar-refractivity contribution in [3.8, 4) is 22.8 Å². The van der Waals surface area contributed by atoms with Gasteiger partial charge in [0.25, 0.3) is 5.56 Å². The lowest BCUT2D eigenvalue weighted by Crippen LogP contribution is -2.29. The number of fused-ring (bicyclic) bond motifs is 1. The fourth-order valence-corrected chi connectivity index (χ4v) is 3.05. The second kappa shape index (κ2) is 7.19. The van der Waals surface area contributed by atoms with E-state index in [4.69, 9.17) is 9.47 Å².